The fourth-order valence-electron chi connectivity index (χ4n) is 3.36. The summed E-state index contributed by atoms with van der Waals surface area (Å²) in [6, 6.07) is 18.0. The normalized spacial score (nSPS) is 11.2. The van der Waals surface area contributed by atoms with Crippen molar-refractivity contribution in [3.63, 3.8) is 0 Å². The number of carbonyl (C=O) groups is 1. The van der Waals surface area contributed by atoms with Crippen LogP contribution < -0.4 is 5.32 Å². The molecule has 4 rings (SSSR count). The Morgan fingerprint density at radius 3 is 2.77 bits per heavy atom. The van der Waals surface area contributed by atoms with Crippen molar-refractivity contribution in [2.24, 2.45) is 0 Å². The third-order valence-electron chi connectivity index (χ3n) is 4.59. The number of imidazole rings is 1. The van der Waals surface area contributed by atoms with Crippen LogP contribution in [0.3, 0.4) is 0 Å². The Balaban J connectivity index is 1.79. The SMILES string of the molecule is CCCc1nc2cc(C)ccn2c1C(=O)Nc1cccc2ccccc12. The van der Waals surface area contributed by atoms with Crippen molar-refractivity contribution in [3.8, 4) is 0 Å². The molecule has 0 saturated carbocycles. The highest BCUT2D eigenvalue weighted by Gasteiger charge is 2.19. The number of aryl methyl sites for hydroxylation is 2. The smallest absolute Gasteiger partial charge is 0.274 e. The van der Waals surface area contributed by atoms with E-state index >= 15 is 0 Å². The van der Waals surface area contributed by atoms with Crippen molar-refractivity contribution in [2.45, 2.75) is 26.7 Å². The molecule has 4 nitrogen and oxygen atoms in total. The van der Waals surface area contributed by atoms with Crippen molar-refractivity contribution in [1.82, 2.24) is 9.38 Å². The molecule has 4 aromatic rings. The van der Waals surface area contributed by atoms with E-state index in [1.165, 1.54) is 0 Å². The van der Waals surface area contributed by atoms with Crippen LogP contribution in [0.5, 0.6) is 0 Å². The van der Waals surface area contributed by atoms with Gasteiger partial charge in [-0.05, 0) is 42.5 Å². The molecule has 130 valence electrons. The van der Waals surface area contributed by atoms with Crippen molar-refractivity contribution >= 4 is 28.0 Å². The van der Waals surface area contributed by atoms with E-state index in [9.17, 15) is 4.79 Å². The topological polar surface area (TPSA) is 46.4 Å². The summed E-state index contributed by atoms with van der Waals surface area (Å²) in [5.41, 5.74) is 4.23. The Morgan fingerprint density at radius 1 is 1.12 bits per heavy atom. The second-order valence-corrected chi connectivity index (χ2v) is 6.57. The number of rotatable bonds is 4. The highest BCUT2D eigenvalue weighted by atomic mass is 16.2. The zero-order valence-electron chi connectivity index (χ0n) is 15.0. The summed E-state index contributed by atoms with van der Waals surface area (Å²) in [7, 11) is 0. The van der Waals surface area contributed by atoms with Crippen molar-refractivity contribution in [2.75, 3.05) is 5.32 Å². The van der Waals surface area contributed by atoms with Gasteiger partial charge in [0.05, 0.1) is 5.69 Å². The molecule has 0 radical (unpaired) electrons. The van der Waals surface area contributed by atoms with Gasteiger partial charge in [-0.1, -0.05) is 49.7 Å². The summed E-state index contributed by atoms with van der Waals surface area (Å²) in [4.78, 5) is 17.8. The van der Waals surface area contributed by atoms with Crippen molar-refractivity contribution in [1.29, 1.82) is 0 Å². The van der Waals surface area contributed by atoms with E-state index in [0.29, 0.717) is 5.69 Å². The van der Waals surface area contributed by atoms with Crippen LogP contribution in [0.25, 0.3) is 16.4 Å². The van der Waals surface area contributed by atoms with Crippen LogP contribution in [0.15, 0.2) is 60.8 Å². The molecule has 0 bridgehead atoms. The lowest BCUT2D eigenvalue weighted by atomic mass is 10.1. The predicted molar refractivity (Wildman–Crippen MR) is 106 cm³/mol. The molecule has 0 atom stereocenters. The first-order valence-electron chi connectivity index (χ1n) is 8.94. The van der Waals surface area contributed by atoms with E-state index in [0.717, 1.165) is 46.2 Å². The van der Waals surface area contributed by atoms with Crippen molar-refractivity contribution < 1.29 is 4.79 Å². The number of carbonyl (C=O) groups excluding carboxylic acids is 1. The molecule has 0 saturated heterocycles. The molecular weight excluding hydrogens is 322 g/mol. The summed E-state index contributed by atoms with van der Waals surface area (Å²) < 4.78 is 1.89. The maximum atomic E-state index is 13.1. The Labute approximate surface area is 152 Å². The second kappa shape index (κ2) is 6.64. The minimum Gasteiger partial charge on any atom is -0.320 e. The van der Waals surface area contributed by atoms with Gasteiger partial charge in [-0.2, -0.15) is 0 Å². The third-order valence-corrected chi connectivity index (χ3v) is 4.59. The number of nitrogens with zero attached hydrogens (tertiary/aromatic N) is 2. The number of amides is 1. The molecule has 2 aromatic heterocycles. The number of benzene rings is 2. The highest BCUT2D eigenvalue weighted by Crippen LogP contribution is 2.24. The number of anilines is 1. The molecule has 0 fully saturated rings. The van der Waals surface area contributed by atoms with Gasteiger partial charge in [-0.25, -0.2) is 4.98 Å². The van der Waals surface area contributed by atoms with Gasteiger partial charge in [0.1, 0.15) is 11.3 Å². The number of nitrogens with one attached hydrogen (secondary N) is 1. The molecule has 1 N–H and O–H groups in total. The van der Waals surface area contributed by atoms with E-state index in [2.05, 4.69) is 12.2 Å². The zero-order chi connectivity index (χ0) is 18.1. The van der Waals surface area contributed by atoms with Gasteiger partial charge in [-0.15, -0.1) is 0 Å². The van der Waals surface area contributed by atoms with Crippen LogP contribution in [0.4, 0.5) is 5.69 Å². The van der Waals surface area contributed by atoms with Crippen LogP contribution in [0.2, 0.25) is 0 Å². The first-order chi connectivity index (χ1) is 12.7. The molecule has 0 aliphatic rings. The van der Waals surface area contributed by atoms with E-state index in [1.807, 2.05) is 72.1 Å². The maximum Gasteiger partial charge on any atom is 0.274 e. The molecule has 1 amide bonds. The summed E-state index contributed by atoms with van der Waals surface area (Å²) >= 11 is 0. The number of aromatic nitrogens is 2. The lowest BCUT2D eigenvalue weighted by Crippen LogP contribution is -2.16. The standard InChI is InChI=1S/C22H21N3O/c1-3-7-19-21(25-13-12-15(2)14-20(25)23-19)22(26)24-18-11-6-9-16-8-4-5-10-17(16)18/h4-6,8-14H,3,7H2,1-2H3,(H,24,26). The Morgan fingerprint density at radius 2 is 1.92 bits per heavy atom. The van der Waals surface area contributed by atoms with E-state index < -0.39 is 0 Å². The van der Waals surface area contributed by atoms with Gasteiger partial charge in [0.2, 0.25) is 0 Å². The third kappa shape index (κ3) is 2.84. The maximum absolute atomic E-state index is 13.1. The van der Waals surface area contributed by atoms with Gasteiger partial charge in [0, 0.05) is 17.3 Å². The lowest BCUT2D eigenvalue weighted by Gasteiger charge is -2.10. The molecule has 0 spiro atoms. The molecule has 0 unspecified atom stereocenters. The molecule has 2 heterocycles. The Kier molecular flexibility index (Phi) is 4.17. The predicted octanol–water partition coefficient (Wildman–Crippen LogP) is 5.00. The summed E-state index contributed by atoms with van der Waals surface area (Å²) in [6.07, 6.45) is 3.64. The number of hydrogen-bond acceptors (Lipinski definition) is 2. The first-order valence-corrected chi connectivity index (χ1v) is 8.94. The van der Waals surface area contributed by atoms with Crippen LogP contribution >= 0.6 is 0 Å². The van der Waals surface area contributed by atoms with E-state index in [4.69, 9.17) is 4.98 Å². The second-order valence-electron chi connectivity index (χ2n) is 6.57. The minimum absolute atomic E-state index is 0.124. The highest BCUT2D eigenvalue weighted by molar-refractivity contribution is 6.09. The Hall–Kier alpha value is -3.14. The van der Waals surface area contributed by atoms with Crippen LogP contribution in [-0.4, -0.2) is 15.3 Å². The van der Waals surface area contributed by atoms with E-state index in [1.54, 1.807) is 0 Å². The zero-order valence-corrected chi connectivity index (χ0v) is 15.0. The average molecular weight is 343 g/mol. The summed E-state index contributed by atoms with van der Waals surface area (Å²) in [5, 5.41) is 5.23. The fourth-order valence-corrected chi connectivity index (χ4v) is 3.36. The summed E-state index contributed by atoms with van der Waals surface area (Å²) in [6.45, 7) is 4.13. The number of fused-ring (bicyclic) bond motifs is 2. The lowest BCUT2D eigenvalue weighted by molar-refractivity contribution is 0.102. The number of pyridine rings is 1. The van der Waals surface area contributed by atoms with Crippen LogP contribution in [0.1, 0.15) is 35.1 Å². The van der Waals surface area contributed by atoms with Gasteiger partial charge < -0.3 is 5.32 Å². The van der Waals surface area contributed by atoms with Gasteiger partial charge >= 0.3 is 0 Å². The Bertz CT molecular complexity index is 1110. The summed E-state index contributed by atoms with van der Waals surface area (Å²) in [5.74, 6) is -0.124. The largest absolute Gasteiger partial charge is 0.320 e. The number of hydrogen-bond donors (Lipinski definition) is 1. The minimum atomic E-state index is -0.124. The van der Waals surface area contributed by atoms with Gasteiger partial charge in [-0.3, -0.25) is 9.20 Å². The average Bonchev–Trinajstić information content (AvgIpc) is 2.99. The monoisotopic (exact) mass is 343 g/mol. The van der Waals surface area contributed by atoms with Crippen molar-refractivity contribution in [3.05, 3.63) is 77.7 Å². The van der Waals surface area contributed by atoms with E-state index in [-0.39, 0.29) is 5.91 Å². The van der Waals surface area contributed by atoms with Gasteiger partial charge in [0.25, 0.3) is 5.91 Å². The van der Waals surface area contributed by atoms with Crippen LogP contribution in [0, 0.1) is 6.92 Å². The first kappa shape index (κ1) is 16.3. The van der Waals surface area contributed by atoms with Crippen LogP contribution in [-0.2, 0) is 6.42 Å². The van der Waals surface area contributed by atoms with Gasteiger partial charge in [0.15, 0.2) is 0 Å². The molecule has 0 aliphatic carbocycles. The quantitative estimate of drug-likeness (QED) is 0.567. The molecular formula is C22H21N3O. The molecule has 2 aromatic carbocycles. The fraction of sp³-hybridized carbons (Fsp3) is 0.182. The molecule has 0 aliphatic heterocycles. The molecule has 26 heavy (non-hydrogen) atoms. The molecule has 4 heteroatoms.